The quantitative estimate of drug-likeness (QED) is 0.448. The summed E-state index contributed by atoms with van der Waals surface area (Å²) in [5, 5.41) is 17.1. The second kappa shape index (κ2) is 9.97. The van der Waals surface area contributed by atoms with E-state index in [9.17, 15) is 9.59 Å². The number of hydrogen-bond donors (Lipinski definition) is 3. The van der Waals surface area contributed by atoms with Crippen LogP contribution in [0.1, 0.15) is 10.4 Å². The van der Waals surface area contributed by atoms with Crippen molar-refractivity contribution in [3.63, 3.8) is 0 Å². The molecule has 8 nitrogen and oxygen atoms in total. The van der Waals surface area contributed by atoms with Crippen molar-refractivity contribution in [3.8, 4) is 0 Å². The van der Waals surface area contributed by atoms with Crippen LogP contribution >= 0.6 is 23.1 Å². The van der Waals surface area contributed by atoms with Crippen molar-refractivity contribution in [2.24, 2.45) is 0 Å². The fraction of sp³-hybridized carbons (Fsp3) is 0.333. The summed E-state index contributed by atoms with van der Waals surface area (Å²) in [5.41, 5.74) is 1.18. The highest BCUT2D eigenvalue weighted by molar-refractivity contribution is 8.01. The Labute approximate surface area is 153 Å². The first-order chi connectivity index (χ1) is 12.1. The van der Waals surface area contributed by atoms with Gasteiger partial charge in [-0.15, -0.1) is 10.2 Å². The van der Waals surface area contributed by atoms with Gasteiger partial charge in [0.05, 0.1) is 12.4 Å². The molecule has 3 N–H and O–H groups in total. The molecule has 0 fully saturated rings. The Morgan fingerprint density at radius 2 is 2.00 bits per heavy atom. The van der Waals surface area contributed by atoms with E-state index in [2.05, 4.69) is 26.1 Å². The zero-order chi connectivity index (χ0) is 18.1. The molecule has 0 aliphatic carbocycles. The number of anilines is 2. The lowest BCUT2D eigenvalue weighted by Gasteiger charge is -2.05. The number of methoxy groups -OCH3 is 1. The highest BCUT2D eigenvalue weighted by Gasteiger charge is 2.09. The fourth-order valence-electron chi connectivity index (χ4n) is 1.77. The highest BCUT2D eigenvalue weighted by atomic mass is 32.2. The summed E-state index contributed by atoms with van der Waals surface area (Å²) in [6.45, 7) is 1.24. The van der Waals surface area contributed by atoms with Crippen LogP contribution in [0.25, 0.3) is 0 Å². The van der Waals surface area contributed by atoms with E-state index in [0.29, 0.717) is 33.9 Å². The summed E-state index contributed by atoms with van der Waals surface area (Å²) in [5.74, 6) is -0.0921. The molecule has 2 rings (SSSR count). The topological polar surface area (TPSA) is 105 Å². The highest BCUT2D eigenvalue weighted by Crippen LogP contribution is 2.25. The minimum atomic E-state index is -0.167. The van der Waals surface area contributed by atoms with Crippen molar-refractivity contribution < 1.29 is 14.3 Å². The van der Waals surface area contributed by atoms with Gasteiger partial charge in [0.15, 0.2) is 4.34 Å². The van der Waals surface area contributed by atoms with E-state index < -0.39 is 0 Å². The number of rotatable bonds is 9. The van der Waals surface area contributed by atoms with Gasteiger partial charge in [0.1, 0.15) is 0 Å². The van der Waals surface area contributed by atoms with Crippen molar-refractivity contribution in [2.45, 2.75) is 4.34 Å². The third-order valence-electron chi connectivity index (χ3n) is 2.97. The average Bonchev–Trinajstić information content (AvgIpc) is 3.08. The molecule has 134 valence electrons. The molecule has 1 aromatic heterocycles. The molecule has 2 aromatic rings. The molecule has 25 heavy (non-hydrogen) atoms. The first-order valence-corrected chi connectivity index (χ1v) is 9.23. The van der Waals surface area contributed by atoms with Gasteiger partial charge in [-0.25, -0.2) is 0 Å². The van der Waals surface area contributed by atoms with Crippen LogP contribution in [0.3, 0.4) is 0 Å². The molecule has 2 amide bonds. The van der Waals surface area contributed by atoms with Crippen LogP contribution in [-0.4, -0.2) is 55.1 Å². The van der Waals surface area contributed by atoms with Crippen LogP contribution in [0, 0.1) is 0 Å². The van der Waals surface area contributed by atoms with E-state index >= 15 is 0 Å². The van der Waals surface area contributed by atoms with Gasteiger partial charge in [-0.3, -0.25) is 9.59 Å². The SMILES string of the molecule is CNC(=O)c1ccc(NC(=O)CSc2nnc(NCCOC)s2)cc1. The predicted octanol–water partition coefficient (Wildman–Crippen LogP) is 1.69. The molecule has 0 atom stereocenters. The number of ether oxygens (including phenoxy) is 1. The Bertz CT molecular complexity index is 705. The third kappa shape index (κ3) is 6.33. The lowest BCUT2D eigenvalue weighted by molar-refractivity contribution is -0.113. The minimum absolute atomic E-state index is 0.151. The molecule has 0 aliphatic heterocycles. The second-order valence-electron chi connectivity index (χ2n) is 4.79. The van der Waals surface area contributed by atoms with Crippen LogP contribution in [0.4, 0.5) is 10.8 Å². The van der Waals surface area contributed by atoms with Crippen molar-refractivity contribution in [1.29, 1.82) is 0 Å². The Kier molecular flexibility index (Phi) is 7.64. The van der Waals surface area contributed by atoms with E-state index in [4.69, 9.17) is 4.74 Å². The van der Waals surface area contributed by atoms with E-state index in [0.717, 1.165) is 0 Å². The number of benzene rings is 1. The Hall–Kier alpha value is -2.17. The maximum Gasteiger partial charge on any atom is 0.251 e. The maximum absolute atomic E-state index is 12.0. The first kappa shape index (κ1) is 19.2. The van der Waals surface area contributed by atoms with Gasteiger partial charge in [0, 0.05) is 32.0 Å². The van der Waals surface area contributed by atoms with Crippen LogP contribution < -0.4 is 16.0 Å². The molecule has 10 heteroatoms. The average molecular weight is 381 g/mol. The summed E-state index contributed by atoms with van der Waals surface area (Å²) in [6, 6.07) is 6.69. The first-order valence-electron chi connectivity index (χ1n) is 7.43. The fourth-order valence-corrected chi connectivity index (χ4v) is 3.35. The Morgan fingerprint density at radius 1 is 1.24 bits per heavy atom. The molecular formula is C15H19N5O3S2. The van der Waals surface area contributed by atoms with E-state index in [1.807, 2.05) is 0 Å². The van der Waals surface area contributed by atoms with Crippen LogP contribution in [-0.2, 0) is 9.53 Å². The number of hydrogen-bond acceptors (Lipinski definition) is 8. The summed E-state index contributed by atoms with van der Waals surface area (Å²) >= 11 is 2.71. The monoisotopic (exact) mass is 381 g/mol. The smallest absolute Gasteiger partial charge is 0.251 e. The maximum atomic E-state index is 12.0. The van der Waals surface area contributed by atoms with Gasteiger partial charge >= 0.3 is 0 Å². The van der Waals surface area contributed by atoms with Gasteiger partial charge in [-0.1, -0.05) is 23.1 Å². The number of amides is 2. The number of aromatic nitrogens is 2. The molecule has 0 unspecified atom stereocenters. The van der Waals surface area contributed by atoms with Crippen LogP contribution in [0.5, 0.6) is 0 Å². The van der Waals surface area contributed by atoms with Gasteiger partial charge < -0.3 is 20.7 Å². The molecule has 0 aliphatic rings. The number of nitrogens with one attached hydrogen (secondary N) is 3. The lowest BCUT2D eigenvalue weighted by Crippen LogP contribution is -2.18. The van der Waals surface area contributed by atoms with Crippen LogP contribution in [0.2, 0.25) is 0 Å². The zero-order valence-corrected chi connectivity index (χ0v) is 15.5. The Morgan fingerprint density at radius 3 is 2.68 bits per heavy atom. The van der Waals surface area contributed by atoms with E-state index in [1.165, 1.54) is 23.1 Å². The molecule has 0 bridgehead atoms. The van der Waals surface area contributed by atoms with Gasteiger partial charge in [-0.05, 0) is 24.3 Å². The molecular weight excluding hydrogens is 362 g/mol. The zero-order valence-electron chi connectivity index (χ0n) is 13.9. The van der Waals surface area contributed by atoms with Crippen molar-refractivity contribution in [3.05, 3.63) is 29.8 Å². The lowest BCUT2D eigenvalue weighted by atomic mass is 10.2. The Balaban J connectivity index is 1.77. The standard InChI is InChI=1S/C15H19N5O3S2/c1-16-13(22)10-3-5-11(6-4-10)18-12(21)9-24-15-20-19-14(25-15)17-7-8-23-2/h3-6H,7-9H2,1-2H3,(H,16,22)(H,17,19)(H,18,21). The van der Waals surface area contributed by atoms with Gasteiger partial charge in [0.2, 0.25) is 11.0 Å². The normalized spacial score (nSPS) is 10.3. The van der Waals surface area contributed by atoms with Crippen LogP contribution in [0.15, 0.2) is 28.6 Å². The molecule has 1 aromatic carbocycles. The van der Waals surface area contributed by atoms with Gasteiger partial charge in [0.25, 0.3) is 5.91 Å². The number of carbonyl (C=O) groups is 2. The second-order valence-corrected chi connectivity index (χ2v) is 6.99. The molecule has 0 saturated carbocycles. The molecule has 0 radical (unpaired) electrons. The van der Waals surface area contributed by atoms with E-state index in [-0.39, 0.29) is 17.6 Å². The minimum Gasteiger partial charge on any atom is -0.383 e. The van der Waals surface area contributed by atoms with E-state index in [1.54, 1.807) is 38.4 Å². The summed E-state index contributed by atoms with van der Waals surface area (Å²) in [6.07, 6.45) is 0. The number of nitrogens with zero attached hydrogens (tertiary/aromatic N) is 2. The molecule has 0 spiro atoms. The largest absolute Gasteiger partial charge is 0.383 e. The van der Waals surface area contributed by atoms with Crippen molar-refractivity contribution >= 4 is 45.7 Å². The molecule has 0 saturated heterocycles. The predicted molar refractivity (Wildman–Crippen MR) is 99.5 cm³/mol. The van der Waals surface area contributed by atoms with Crippen molar-refractivity contribution in [1.82, 2.24) is 15.5 Å². The number of carbonyl (C=O) groups excluding carboxylic acids is 2. The number of thioether (sulfide) groups is 1. The summed E-state index contributed by atoms with van der Waals surface area (Å²) < 4.78 is 5.66. The summed E-state index contributed by atoms with van der Waals surface area (Å²) in [4.78, 5) is 23.5. The molecule has 1 heterocycles. The van der Waals surface area contributed by atoms with Gasteiger partial charge in [-0.2, -0.15) is 0 Å². The third-order valence-corrected chi connectivity index (χ3v) is 4.99. The van der Waals surface area contributed by atoms with Crippen molar-refractivity contribution in [2.75, 3.05) is 43.7 Å². The summed E-state index contributed by atoms with van der Waals surface area (Å²) in [7, 11) is 3.20.